The average molecular weight is 318 g/mol. The second-order valence-electron chi connectivity index (χ2n) is 4.95. The molecule has 0 radical (unpaired) electrons. The molecule has 1 aromatic heterocycles. The number of pyridine rings is 1. The van der Waals surface area contributed by atoms with E-state index in [0.717, 1.165) is 4.90 Å². The molecule has 3 rings (SSSR count). The van der Waals surface area contributed by atoms with Crippen LogP contribution in [0.15, 0.2) is 53.6 Å². The number of likely N-dealkylation sites (tertiary alicyclic amines) is 1. The van der Waals surface area contributed by atoms with E-state index in [2.05, 4.69) is 4.98 Å². The van der Waals surface area contributed by atoms with Crippen LogP contribution in [0.2, 0.25) is 0 Å². The number of amides is 1. The van der Waals surface area contributed by atoms with Crippen molar-refractivity contribution in [1.29, 1.82) is 0 Å². The topological polar surface area (TPSA) is 42.4 Å². The van der Waals surface area contributed by atoms with Crippen molar-refractivity contribution in [1.82, 2.24) is 9.88 Å². The van der Waals surface area contributed by atoms with Crippen LogP contribution in [0.1, 0.15) is 0 Å². The molecule has 0 N–H and O–H groups in total. The van der Waals surface area contributed by atoms with Gasteiger partial charge in [0, 0.05) is 17.2 Å². The zero-order valence-electron chi connectivity index (χ0n) is 11.8. The maximum absolute atomic E-state index is 12.8. The van der Waals surface area contributed by atoms with Crippen LogP contribution in [0, 0.1) is 5.82 Å². The summed E-state index contributed by atoms with van der Waals surface area (Å²) in [5, 5.41) is 0. The van der Waals surface area contributed by atoms with Crippen LogP contribution in [0.5, 0.6) is 5.88 Å². The Morgan fingerprint density at radius 1 is 1.27 bits per heavy atom. The summed E-state index contributed by atoms with van der Waals surface area (Å²) < 4.78 is 18.4. The summed E-state index contributed by atoms with van der Waals surface area (Å²) in [6, 6.07) is 11.6. The summed E-state index contributed by atoms with van der Waals surface area (Å²) in [6.45, 7) is 1.17. The average Bonchev–Trinajstić information content (AvgIpc) is 2.50. The van der Waals surface area contributed by atoms with Crippen LogP contribution < -0.4 is 4.74 Å². The third kappa shape index (κ3) is 3.76. The summed E-state index contributed by atoms with van der Waals surface area (Å²) >= 11 is 1.41. The quantitative estimate of drug-likeness (QED) is 0.795. The van der Waals surface area contributed by atoms with Gasteiger partial charge in [0.1, 0.15) is 11.9 Å². The number of hydrogen-bond donors (Lipinski definition) is 0. The van der Waals surface area contributed by atoms with Gasteiger partial charge >= 0.3 is 0 Å². The Morgan fingerprint density at radius 3 is 2.73 bits per heavy atom. The van der Waals surface area contributed by atoms with Crippen molar-refractivity contribution >= 4 is 17.7 Å². The van der Waals surface area contributed by atoms with E-state index in [1.165, 1.54) is 23.9 Å². The number of hydrogen-bond acceptors (Lipinski definition) is 4. The molecule has 1 aliphatic heterocycles. The molecule has 22 heavy (non-hydrogen) atoms. The lowest BCUT2D eigenvalue weighted by Crippen LogP contribution is -2.56. The van der Waals surface area contributed by atoms with Crippen molar-refractivity contribution < 1.29 is 13.9 Å². The Balaban J connectivity index is 1.41. The van der Waals surface area contributed by atoms with Gasteiger partial charge in [0.25, 0.3) is 0 Å². The Morgan fingerprint density at radius 2 is 2.05 bits per heavy atom. The van der Waals surface area contributed by atoms with Crippen molar-refractivity contribution in [3.05, 3.63) is 54.5 Å². The minimum atomic E-state index is -0.270. The van der Waals surface area contributed by atoms with Crippen molar-refractivity contribution in [3.63, 3.8) is 0 Å². The van der Waals surface area contributed by atoms with E-state index in [1.807, 2.05) is 12.1 Å². The molecule has 0 atom stereocenters. The zero-order valence-corrected chi connectivity index (χ0v) is 12.6. The van der Waals surface area contributed by atoms with Crippen LogP contribution in [-0.2, 0) is 4.79 Å². The monoisotopic (exact) mass is 318 g/mol. The molecule has 0 spiro atoms. The van der Waals surface area contributed by atoms with E-state index < -0.39 is 0 Å². The first-order valence-electron chi connectivity index (χ1n) is 6.94. The van der Waals surface area contributed by atoms with Crippen LogP contribution in [0.3, 0.4) is 0 Å². The minimum Gasteiger partial charge on any atom is -0.471 e. The Labute approximate surface area is 132 Å². The lowest BCUT2D eigenvalue weighted by atomic mass is 10.2. The van der Waals surface area contributed by atoms with Crippen molar-refractivity contribution in [2.75, 3.05) is 18.8 Å². The van der Waals surface area contributed by atoms with E-state index in [9.17, 15) is 9.18 Å². The molecule has 0 bridgehead atoms. The SMILES string of the molecule is O=C(CSc1ccc(F)cc1)N1CC(Oc2ccccn2)C1. The van der Waals surface area contributed by atoms with Crippen molar-refractivity contribution in [2.24, 2.45) is 0 Å². The van der Waals surface area contributed by atoms with Gasteiger partial charge in [-0.2, -0.15) is 0 Å². The minimum absolute atomic E-state index is 0.00895. The smallest absolute Gasteiger partial charge is 0.233 e. The molecule has 114 valence electrons. The number of rotatable bonds is 5. The van der Waals surface area contributed by atoms with Gasteiger partial charge in [-0.25, -0.2) is 9.37 Å². The lowest BCUT2D eigenvalue weighted by molar-refractivity contribution is -0.137. The third-order valence-corrected chi connectivity index (χ3v) is 4.30. The second kappa shape index (κ2) is 6.79. The second-order valence-corrected chi connectivity index (χ2v) is 6.00. The highest BCUT2D eigenvalue weighted by Gasteiger charge is 2.32. The summed E-state index contributed by atoms with van der Waals surface area (Å²) in [7, 11) is 0. The zero-order chi connectivity index (χ0) is 15.4. The molecule has 4 nitrogen and oxygen atoms in total. The van der Waals surface area contributed by atoms with Gasteiger partial charge in [0.05, 0.1) is 18.8 Å². The molecular weight excluding hydrogens is 303 g/mol. The van der Waals surface area contributed by atoms with Crippen LogP contribution in [-0.4, -0.2) is 40.7 Å². The summed E-state index contributed by atoms with van der Waals surface area (Å²) in [4.78, 5) is 18.8. The van der Waals surface area contributed by atoms with Gasteiger partial charge in [0.2, 0.25) is 11.8 Å². The van der Waals surface area contributed by atoms with Crippen LogP contribution in [0.4, 0.5) is 4.39 Å². The van der Waals surface area contributed by atoms with E-state index >= 15 is 0 Å². The predicted octanol–water partition coefficient (Wildman–Crippen LogP) is 2.60. The molecule has 1 fully saturated rings. The number of nitrogens with zero attached hydrogens (tertiary/aromatic N) is 2. The molecule has 1 saturated heterocycles. The van der Waals surface area contributed by atoms with Gasteiger partial charge in [0.15, 0.2) is 0 Å². The first-order chi connectivity index (χ1) is 10.7. The van der Waals surface area contributed by atoms with Gasteiger partial charge in [-0.3, -0.25) is 4.79 Å². The normalized spacial score (nSPS) is 14.5. The standard InChI is InChI=1S/C16H15FN2O2S/c17-12-4-6-14(7-5-12)22-11-16(20)19-9-13(10-19)21-15-3-1-2-8-18-15/h1-8,13H,9-11H2. The molecule has 0 saturated carbocycles. The van der Waals surface area contributed by atoms with Gasteiger partial charge in [-0.1, -0.05) is 6.07 Å². The Bertz CT molecular complexity index is 630. The van der Waals surface area contributed by atoms with Crippen molar-refractivity contribution in [3.8, 4) is 5.88 Å². The van der Waals surface area contributed by atoms with Crippen molar-refractivity contribution in [2.45, 2.75) is 11.0 Å². The van der Waals surface area contributed by atoms with Gasteiger partial charge in [-0.05, 0) is 30.3 Å². The Kier molecular flexibility index (Phi) is 4.58. The van der Waals surface area contributed by atoms with E-state index in [1.54, 1.807) is 29.3 Å². The first-order valence-corrected chi connectivity index (χ1v) is 7.93. The number of halogens is 1. The summed E-state index contributed by atoms with van der Waals surface area (Å²) in [5.74, 6) is 0.727. The Hall–Kier alpha value is -2.08. The fourth-order valence-corrected chi connectivity index (χ4v) is 2.87. The highest BCUT2D eigenvalue weighted by atomic mass is 32.2. The van der Waals surface area contributed by atoms with E-state index in [-0.39, 0.29) is 17.8 Å². The van der Waals surface area contributed by atoms with Gasteiger partial charge in [-0.15, -0.1) is 11.8 Å². The third-order valence-electron chi connectivity index (χ3n) is 3.30. The molecule has 0 unspecified atom stereocenters. The highest BCUT2D eigenvalue weighted by molar-refractivity contribution is 8.00. The molecule has 0 aliphatic carbocycles. The molecule has 2 aromatic rings. The summed E-state index contributed by atoms with van der Waals surface area (Å²) in [5.41, 5.74) is 0. The number of benzene rings is 1. The number of carbonyl (C=O) groups excluding carboxylic acids is 1. The first kappa shape index (κ1) is 14.8. The maximum atomic E-state index is 12.8. The molecular formula is C16H15FN2O2S. The molecule has 1 aliphatic rings. The number of thioether (sulfide) groups is 1. The number of aromatic nitrogens is 1. The largest absolute Gasteiger partial charge is 0.471 e. The van der Waals surface area contributed by atoms with Gasteiger partial charge < -0.3 is 9.64 Å². The fourth-order valence-electron chi connectivity index (χ4n) is 2.07. The molecule has 1 aromatic carbocycles. The highest BCUT2D eigenvalue weighted by Crippen LogP contribution is 2.21. The fraction of sp³-hybridized carbons (Fsp3) is 0.250. The molecule has 2 heterocycles. The van der Waals surface area contributed by atoms with Crippen LogP contribution in [0.25, 0.3) is 0 Å². The van der Waals surface area contributed by atoms with E-state index in [4.69, 9.17) is 4.74 Å². The maximum Gasteiger partial charge on any atom is 0.233 e. The van der Waals surface area contributed by atoms with E-state index in [0.29, 0.717) is 24.7 Å². The predicted molar refractivity (Wildman–Crippen MR) is 82.4 cm³/mol. The number of ether oxygens (including phenoxy) is 1. The molecule has 1 amide bonds. The number of carbonyl (C=O) groups is 1. The lowest BCUT2D eigenvalue weighted by Gasteiger charge is -2.38. The summed E-state index contributed by atoms with van der Waals surface area (Å²) in [6.07, 6.45) is 1.69. The molecule has 6 heteroatoms. The van der Waals surface area contributed by atoms with Crippen LogP contribution >= 0.6 is 11.8 Å².